The summed E-state index contributed by atoms with van der Waals surface area (Å²) in [7, 11) is 7.00. The molecule has 1 atom stereocenters. The fourth-order valence-corrected chi connectivity index (χ4v) is 4.31. The molecule has 8 heteroatoms. The zero-order valence-electron chi connectivity index (χ0n) is 15.8. The fraction of sp³-hybridized carbons (Fsp3) is 0.833. The summed E-state index contributed by atoms with van der Waals surface area (Å²) in [4.78, 5) is 17.0. The first-order chi connectivity index (χ1) is 12.7. The summed E-state index contributed by atoms with van der Waals surface area (Å²) in [5.41, 5.74) is 1.35. The lowest BCUT2D eigenvalue weighted by molar-refractivity contribution is 0.0732. The van der Waals surface area contributed by atoms with Crippen LogP contribution >= 0.6 is 0 Å². The highest BCUT2D eigenvalue weighted by molar-refractivity contribution is 6.84. The Morgan fingerprint density at radius 3 is 2.35 bits per heavy atom. The molecule has 3 rings (SSSR count). The lowest BCUT2D eigenvalue weighted by atomic mass is 9.18. The van der Waals surface area contributed by atoms with Crippen LogP contribution in [0.4, 0.5) is 4.79 Å². The van der Waals surface area contributed by atoms with E-state index >= 15 is 0 Å². The minimum Gasteiger partial charge on any atom is -0.447 e. The number of nitrogens with one attached hydrogen (secondary N) is 1. The van der Waals surface area contributed by atoms with Gasteiger partial charge in [-0.25, -0.2) is 10.7 Å². The number of allylic oxidation sites excluding steroid dienone is 2. The summed E-state index contributed by atoms with van der Waals surface area (Å²) in [6.45, 7) is 0.363. The van der Waals surface area contributed by atoms with Gasteiger partial charge in [0, 0.05) is 0 Å². The Hall–Kier alpha value is -0.875. The van der Waals surface area contributed by atoms with Gasteiger partial charge < -0.3 is 14.9 Å². The Bertz CT molecular complexity index is 496. The lowest BCUT2D eigenvalue weighted by Gasteiger charge is -2.41. The van der Waals surface area contributed by atoms with Crippen LogP contribution in [-0.2, 0) is 9.57 Å². The Morgan fingerprint density at radius 1 is 1.12 bits per heavy atom. The van der Waals surface area contributed by atoms with Gasteiger partial charge in [0.15, 0.2) is 7.28 Å². The summed E-state index contributed by atoms with van der Waals surface area (Å²) < 4.78 is 5.27. The maximum absolute atomic E-state index is 12.5. The number of amides is 1. The summed E-state index contributed by atoms with van der Waals surface area (Å²) in [6.07, 6.45) is 14.0. The molecule has 1 unspecified atom stereocenters. The van der Waals surface area contributed by atoms with Crippen LogP contribution in [0, 0.1) is 0 Å². The molecule has 0 spiro atoms. The van der Waals surface area contributed by atoms with Crippen molar-refractivity contribution >= 4 is 27.9 Å². The maximum Gasteiger partial charge on any atom is 0.405 e. The molecule has 0 aromatic carbocycles. The molecule has 5 nitrogen and oxygen atoms in total. The van der Waals surface area contributed by atoms with Crippen LogP contribution < -0.4 is 11.2 Å². The molecule has 0 aromatic rings. The quantitative estimate of drug-likeness (QED) is 0.359. The van der Waals surface area contributed by atoms with E-state index in [-0.39, 0.29) is 13.2 Å². The van der Waals surface area contributed by atoms with Gasteiger partial charge in [-0.05, 0) is 24.5 Å². The molecule has 0 saturated heterocycles. The number of alkyl carbamates (subject to hydrolysis) is 1. The highest BCUT2D eigenvalue weighted by atomic mass is 16.6. The Labute approximate surface area is 159 Å². The van der Waals surface area contributed by atoms with Crippen molar-refractivity contribution in [1.29, 1.82) is 0 Å². The smallest absolute Gasteiger partial charge is 0.405 e. The van der Waals surface area contributed by atoms with Gasteiger partial charge in [0.05, 0.1) is 0 Å². The second-order valence-corrected chi connectivity index (χ2v) is 7.95. The molecular weight excluding hydrogens is 325 g/mol. The molecule has 0 aliphatic heterocycles. The highest BCUT2D eigenvalue weighted by Gasteiger charge is 2.41. The Kier molecular flexibility index (Phi) is 7.56. The number of ether oxygens (including phenoxy) is 1. The predicted molar refractivity (Wildman–Crippen MR) is 106 cm³/mol. The van der Waals surface area contributed by atoms with Crippen LogP contribution in [0.25, 0.3) is 0 Å². The van der Waals surface area contributed by atoms with Crippen molar-refractivity contribution in [2.24, 2.45) is 5.90 Å². The number of hydrogen-bond donors (Lipinski definition) is 2. The maximum atomic E-state index is 12.5. The normalized spacial score (nSPS) is 22.9. The molecule has 3 aliphatic rings. The molecule has 0 heterocycles. The van der Waals surface area contributed by atoms with Crippen LogP contribution in [0.5, 0.6) is 0 Å². The third-order valence-electron chi connectivity index (χ3n) is 5.83. The van der Waals surface area contributed by atoms with Crippen molar-refractivity contribution in [1.82, 2.24) is 5.32 Å². The number of rotatable bonds is 10. The summed E-state index contributed by atoms with van der Waals surface area (Å²) in [5, 5.41) is 2.66. The van der Waals surface area contributed by atoms with Crippen molar-refractivity contribution in [3.63, 3.8) is 0 Å². The molecule has 0 bridgehead atoms. The molecular formula is C18H30B3N2O3. The topological polar surface area (TPSA) is 73.6 Å². The van der Waals surface area contributed by atoms with E-state index in [1.807, 2.05) is 0 Å². The van der Waals surface area contributed by atoms with E-state index in [2.05, 4.69) is 38.1 Å². The minimum absolute atomic E-state index is 0.161. The van der Waals surface area contributed by atoms with Gasteiger partial charge in [0.1, 0.15) is 27.8 Å². The van der Waals surface area contributed by atoms with E-state index in [0.717, 1.165) is 12.8 Å². The molecule has 2 fully saturated rings. The van der Waals surface area contributed by atoms with Crippen LogP contribution in [0.1, 0.15) is 64.2 Å². The SMILES string of the molecule is NOCCOC(=O)NC([B]C1=CCCC1)([B]C1CCCC1)[B]C1CCC1. The van der Waals surface area contributed by atoms with E-state index in [1.165, 1.54) is 56.8 Å². The first-order valence-electron chi connectivity index (χ1n) is 10.2. The third kappa shape index (κ3) is 5.81. The average Bonchev–Trinajstić information content (AvgIpc) is 3.25. The van der Waals surface area contributed by atoms with Crippen LogP contribution in [-0.4, -0.2) is 46.4 Å². The van der Waals surface area contributed by atoms with Gasteiger partial charge in [-0.15, -0.1) is 5.47 Å². The molecule has 2 saturated carbocycles. The standard InChI is InChI=1S/C18H30B3N2O3/c22-26-13-12-25-17(24)23-18(21-16-10-5-11-16,19-14-6-1-2-7-14)20-15-8-3-4-9-15/h6,15-16H,1-5,7-13,22H2,(H,23,24). The molecule has 3 radical (unpaired) electrons. The van der Waals surface area contributed by atoms with Gasteiger partial charge in [-0.1, -0.05) is 62.7 Å². The number of carbonyl (C=O) groups excluding carboxylic acids is 1. The summed E-state index contributed by atoms with van der Waals surface area (Å²) in [6, 6.07) is 0. The van der Waals surface area contributed by atoms with E-state index < -0.39 is 11.3 Å². The highest BCUT2D eigenvalue weighted by Crippen LogP contribution is 2.37. The zero-order valence-corrected chi connectivity index (χ0v) is 15.8. The van der Waals surface area contributed by atoms with Gasteiger partial charge in [-0.2, -0.15) is 0 Å². The first kappa shape index (κ1) is 19.9. The van der Waals surface area contributed by atoms with Gasteiger partial charge in [-0.3, -0.25) is 0 Å². The van der Waals surface area contributed by atoms with E-state index in [9.17, 15) is 4.79 Å². The predicted octanol–water partition coefficient (Wildman–Crippen LogP) is 2.73. The van der Waals surface area contributed by atoms with Crippen LogP contribution in [0.3, 0.4) is 0 Å². The largest absolute Gasteiger partial charge is 0.447 e. The summed E-state index contributed by atoms with van der Waals surface area (Å²) >= 11 is 0. The summed E-state index contributed by atoms with van der Waals surface area (Å²) in [5.74, 6) is 6.13. The van der Waals surface area contributed by atoms with E-state index in [1.54, 1.807) is 0 Å². The minimum atomic E-state index is -0.517. The first-order valence-corrected chi connectivity index (χ1v) is 10.2. The average molecular weight is 355 g/mol. The van der Waals surface area contributed by atoms with Crippen LogP contribution in [0.15, 0.2) is 11.5 Å². The Balaban J connectivity index is 1.70. The second kappa shape index (κ2) is 9.89. The molecule has 0 aromatic heterocycles. The number of nitrogens with two attached hydrogens (primary N) is 1. The molecule has 3 aliphatic carbocycles. The van der Waals surface area contributed by atoms with Gasteiger partial charge >= 0.3 is 6.09 Å². The van der Waals surface area contributed by atoms with Crippen molar-refractivity contribution in [3.05, 3.63) is 11.5 Å². The molecule has 3 N–H and O–H groups in total. The van der Waals surface area contributed by atoms with Gasteiger partial charge in [0.25, 0.3) is 0 Å². The van der Waals surface area contributed by atoms with Crippen LogP contribution in [0.2, 0.25) is 11.6 Å². The Morgan fingerprint density at radius 2 is 1.81 bits per heavy atom. The van der Waals surface area contributed by atoms with Crippen molar-refractivity contribution in [2.45, 2.75) is 81.1 Å². The number of hydrogen-bond acceptors (Lipinski definition) is 4. The second-order valence-electron chi connectivity index (χ2n) is 7.95. The molecule has 139 valence electrons. The third-order valence-corrected chi connectivity index (χ3v) is 5.83. The van der Waals surface area contributed by atoms with E-state index in [0.29, 0.717) is 11.6 Å². The van der Waals surface area contributed by atoms with E-state index in [4.69, 9.17) is 10.6 Å². The lowest BCUT2D eigenvalue weighted by Crippen LogP contribution is -2.64. The fourth-order valence-electron chi connectivity index (χ4n) is 4.31. The molecule has 26 heavy (non-hydrogen) atoms. The van der Waals surface area contributed by atoms with Gasteiger partial charge in [0.2, 0.25) is 0 Å². The van der Waals surface area contributed by atoms with Crippen molar-refractivity contribution < 1.29 is 14.4 Å². The van der Waals surface area contributed by atoms with Crippen molar-refractivity contribution in [2.75, 3.05) is 13.2 Å². The zero-order chi connectivity index (χ0) is 18.2. The van der Waals surface area contributed by atoms with Crippen molar-refractivity contribution in [3.8, 4) is 0 Å². The monoisotopic (exact) mass is 355 g/mol. The molecule has 1 amide bonds. The number of carbonyl (C=O) groups is 1.